The minimum absolute atomic E-state index is 0.346. The molecule has 2 rings (SSSR count). The Morgan fingerprint density at radius 3 is 2.67 bits per heavy atom. The Morgan fingerprint density at radius 2 is 2.05 bits per heavy atom. The smallest absolute Gasteiger partial charge is 0.0537 e. The summed E-state index contributed by atoms with van der Waals surface area (Å²) in [6, 6.07) is 8.83. The Bertz CT molecular complexity index is 539. The maximum Gasteiger partial charge on any atom is 0.0537 e. The standard InChI is InChI=1S/C16H22BrN3S/c1-3-9-18-16(13-10-19-20(4-2)11-13)12-21-15-7-5-14(17)6-8-15/h5-8,10-11,16,18H,3-4,9,12H2,1-2H3. The van der Waals surface area contributed by atoms with Crippen LogP contribution >= 0.6 is 27.7 Å². The molecule has 1 N–H and O–H groups in total. The SMILES string of the molecule is CCCNC(CSc1ccc(Br)cc1)c1cnn(CC)c1. The number of benzene rings is 1. The molecule has 1 aromatic carbocycles. The topological polar surface area (TPSA) is 29.9 Å². The van der Waals surface area contributed by atoms with Crippen LogP contribution in [0.2, 0.25) is 0 Å². The van der Waals surface area contributed by atoms with Gasteiger partial charge in [0.05, 0.1) is 6.20 Å². The summed E-state index contributed by atoms with van der Waals surface area (Å²) in [5.41, 5.74) is 1.27. The number of hydrogen-bond donors (Lipinski definition) is 1. The van der Waals surface area contributed by atoms with Crippen molar-refractivity contribution < 1.29 is 0 Å². The summed E-state index contributed by atoms with van der Waals surface area (Å²) in [5, 5.41) is 8.01. The number of nitrogens with one attached hydrogen (secondary N) is 1. The van der Waals surface area contributed by atoms with E-state index in [0.717, 1.165) is 29.7 Å². The number of hydrogen-bond acceptors (Lipinski definition) is 3. The van der Waals surface area contributed by atoms with Gasteiger partial charge >= 0.3 is 0 Å². The third kappa shape index (κ3) is 5.16. The Labute approximate surface area is 139 Å². The predicted octanol–water partition coefficient (Wildman–Crippen LogP) is 4.50. The number of rotatable bonds is 8. The zero-order valence-electron chi connectivity index (χ0n) is 12.6. The van der Waals surface area contributed by atoms with E-state index in [0.29, 0.717) is 6.04 Å². The minimum Gasteiger partial charge on any atom is -0.309 e. The lowest BCUT2D eigenvalue weighted by Gasteiger charge is -2.16. The molecule has 0 radical (unpaired) electrons. The van der Waals surface area contributed by atoms with Gasteiger partial charge in [0.1, 0.15) is 0 Å². The molecule has 114 valence electrons. The highest BCUT2D eigenvalue weighted by Gasteiger charge is 2.13. The van der Waals surface area contributed by atoms with Crippen molar-refractivity contribution >= 4 is 27.7 Å². The van der Waals surface area contributed by atoms with Crippen LogP contribution in [0.4, 0.5) is 0 Å². The Balaban J connectivity index is 2.00. The third-order valence-electron chi connectivity index (χ3n) is 3.25. The van der Waals surface area contributed by atoms with Gasteiger partial charge in [0.25, 0.3) is 0 Å². The molecule has 1 atom stereocenters. The lowest BCUT2D eigenvalue weighted by atomic mass is 10.2. The van der Waals surface area contributed by atoms with Gasteiger partial charge in [-0.15, -0.1) is 11.8 Å². The van der Waals surface area contributed by atoms with Crippen LogP contribution in [0.15, 0.2) is 46.0 Å². The molecule has 0 fully saturated rings. The third-order valence-corrected chi connectivity index (χ3v) is 4.88. The van der Waals surface area contributed by atoms with Crippen molar-refractivity contribution in [1.29, 1.82) is 0 Å². The van der Waals surface area contributed by atoms with E-state index >= 15 is 0 Å². The van der Waals surface area contributed by atoms with Gasteiger partial charge in [-0.25, -0.2) is 0 Å². The number of aryl methyl sites for hydroxylation is 1. The molecule has 0 bridgehead atoms. The van der Waals surface area contributed by atoms with E-state index in [1.54, 1.807) is 0 Å². The van der Waals surface area contributed by atoms with E-state index in [2.05, 4.69) is 70.7 Å². The molecule has 1 heterocycles. The average Bonchev–Trinajstić information content (AvgIpc) is 2.98. The maximum absolute atomic E-state index is 4.39. The van der Waals surface area contributed by atoms with E-state index in [1.165, 1.54) is 10.5 Å². The van der Waals surface area contributed by atoms with Gasteiger partial charge in [-0.3, -0.25) is 4.68 Å². The zero-order chi connectivity index (χ0) is 15.1. The monoisotopic (exact) mass is 367 g/mol. The van der Waals surface area contributed by atoms with Crippen LogP contribution < -0.4 is 5.32 Å². The van der Waals surface area contributed by atoms with Gasteiger partial charge in [-0.2, -0.15) is 5.10 Å². The first-order valence-corrected chi connectivity index (χ1v) is 9.15. The van der Waals surface area contributed by atoms with Crippen LogP contribution in [0.1, 0.15) is 31.9 Å². The molecule has 0 saturated heterocycles. The second-order valence-corrected chi connectivity index (χ2v) is 6.91. The minimum atomic E-state index is 0.346. The molecule has 0 aliphatic carbocycles. The molecule has 1 aromatic heterocycles. The fraction of sp³-hybridized carbons (Fsp3) is 0.438. The average molecular weight is 368 g/mol. The summed E-state index contributed by atoms with van der Waals surface area (Å²) in [6.07, 6.45) is 5.27. The molecular weight excluding hydrogens is 346 g/mol. The first-order chi connectivity index (χ1) is 10.2. The van der Waals surface area contributed by atoms with Gasteiger partial charge < -0.3 is 5.32 Å². The number of halogens is 1. The highest BCUT2D eigenvalue weighted by atomic mass is 79.9. The quantitative estimate of drug-likeness (QED) is 0.696. The zero-order valence-corrected chi connectivity index (χ0v) is 15.0. The fourth-order valence-electron chi connectivity index (χ4n) is 2.03. The summed E-state index contributed by atoms with van der Waals surface area (Å²) in [7, 11) is 0. The largest absolute Gasteiger partial charge is 0.309 e. The summed E-state index contributed by atoms with van der Waals surface area (Å²) < 4.78 is 3.11. The van der Waals surface area contributed by atoms with Crippen LogP contribution in [-0.4, -0.2) is 22.1 Å². The molecule has 5 heteroatoms. The van der Waals surface area contributed by atoms with Gasteiger partial charge in [0.15, 0.2) is 0 Å². The van der Waals surface area contributed by atoms with Gasteiger partial charge in [-0.1, -0.05) is 22.9 Å². The first-order valence-electron chi connectivity index (χ1n) is 7.37. The molecular formula is C16H22BrN3S. The van der Waals surface area contributed by atoms with E-state index in [1.807, 2.05) is 22.6 Å². The number of aromatic nitrogens is 2. The molecule has 1 unspecified atom stereocenters. The molecule has 0 saturated carbocycles. The second kappa shape index (κ2) is 8.61. The van der Waals surface area contributed by atoms with E-state index in [4.69, 9.17) is 0 Å². The predicted molar refractivity (Wildman–Crippen MR) is 93.8 cm³/mol. The van der Waals surface area contributed by atoms with Crippen molar-refractivity contribution in [2.75, 3.05) is 12.3 Å². The Kier molecular flexibility index (Phi) is 6.80. The molecule has 0 aliphatic rings. The van der Waals surface area contributed by atoms with Gasteiger partial charge in [-0.05, 0) is 44.2 Å². The summed E-state index contributed by atoms with van der Waals surface area (Å²) in [5.74, 6) is 1.01. The van der Waals surface area contributed by atoms with Crippen molar-refractivity contribution in [3.63, 3.8) is 0 Å². The number of nitrogens with zero attached hydrogens (tertiary/aromatic N) is 2. The highest BCUT2D eigenvalue weighted by molar-refractivity contribution is 9.10. The first kappa shape index (κ1) is 16.6. The molecule has 0 aliphatic heterocycles. The molecule has 21 heavy (non-hydrogen) atoms. The van der Waals surface area contributed by atoms with Gasteiger partial charge in [0, 0.05) is 39.5 Å². The lowest BCUT2D eigenvalue weighted by molar-refractivity contribution is 0.575. The highest BCUT2D eigenvalue weighted by Crippen LogP contribution is 2.26. The Morgan fingerprint density at radius 1 is 1.29 bits per heavy atom. The van der Waals surface area contributed by atoms with Crippen molar-refractivity contribution in [2.24, 2.45) is 0 Å². The normalized spacial score (nSPS) is 12.5. The fourth-order valence-corrected chi connectivity index (χ4v) is 3.30. The molecule has 0 amide bonds. The summed E-state index contributed by atoms with van der Waals surface area (Å²) in [6.45, 7) is 6.26. The van der Waals surface area contributed by atoms with Gasteiger partial charge in [0.2, 0.25) is 0 Å². The number of thioether (sulfide) groups is 1. The summed E-state index contributed by atoms with van der Waals surface area (Å²) >= 11 is 5.35. The van der Waals surface area contributed by atoms with E-state index in [9.17, 15) is 0 Å². The summed E-state index contributed by atoms with van der Waals surface area (Å²) in [4.78, 5) is 1.30. The van der Waals surface area contributed by atoms with Crippen molar-refractivity contribution in [1.82, 2.24) is 15.1 Å². The van der Waals surface area contributed by atoms with Crippen molar-refractivity contribution in [3.05, 3.63) is 46.7 Å². The van der Waals surface area contributed by atoms with Crippen LogP contribution in [0, 0.1) is 0 Å². The second-order valence-electron chi connectivity index (χ2n) is 4.90. The molecule has 3 nitrogen and oxygen atoms in total. The molecule has 2 aromatic rings. The Hall–Kier alpha value is -0.780. The van der Waals surface area contributed by atoms with Crippen LogP contribution in [-0.2, 0) is 6.54 Å². The molecule has 0 spiro atoms. The van der Waals surface area contributed by atoms with E-state index < -0.39 is 0 Å². The van der Waals surface area contributed by atoms with Crippen molar-refractivity contribution in [3.8, 4) is 0 Å². The van der Waals surface area contributed by atoms with Crippen LogP contribution in [0.25, 0.3) is 0 Å². The lowest BCUT2D eigenvalue weighted by Crippen LogP contribution is -2.23. The van der Waals surface area contributed by atoms with Crippen molar-refractivity contribution in [2.45, 2.75) is 37.8 Å². The van der Waals surface area contributed by atoms with E-state index in [-0.39, 0.29) is 0 Å². The van der Waals surface area contributed by atoms with Crippen LogP contribution in [0.3, 0.4) is 0 Å². The maximum atomic E-state index is 4.39. The van der Waals surface area contributed by atoms with Crippen LogP contribution in [0.5, 0.6) is 0 Å².